The smallest absolute Gasteiger partial charge is 0.228 e. The van der Waals surface area contributed by atoms with Gasteiger partial charge in [0.05, 0.1) is 19.0 Å². The minimum atomic E-state index is -3.19. The normalized spacial score (nSPS) is 16.5. The highest BCUT2D eigenvalue weighted by molar-refractivity contribution is 9.10. The average Bonchev–Trinajstić information content (AvgIpc) is 3.03. The second-order valence-electron chi connectivity index (χ2n) is 6.39. The predicted molar refractivity (Wildman–Crippen MR) is 103 cm³/mol. The Kier molecular flexibility index (Phi) is 5.79. The quantitative estimate of drug-likeness (QED) is 0.772. The lowest BCUT2D eigenvalue weighted by Crippen LogP contribution is -2.41. The first-order valence-electron chi connectivity index (χ1n) is 8.36. The molecule has 1 fully saturated rings. The molecule has 1 amide bonds. The first-order chi connectivity index (χ1) is 12.3. The molecule has 3 rings (SSSR count). The molecule has 0 spiro atoms. The van der Waals surface area contributed by atoms with Gasteiger partial charge in [0.15, 0.2) is 0 Å². The van der Waals surface area contributed by atoms with Gasteiger partial charge in [0, 0.05) is 29.5 Å². The zero-order valence-corrected chi connectivity index (χ0v) is 16.8. The molecule has 140 valence electrons. The van der Waals surface area contributed by atoms with E-state index in [1.54, 1.807) is 16.9 Å². The number of sulfonamides is 1. The molecule has 1 aromatic carbocycles. The summed E-state index contributed by atoms with van der Waals surface area (Å²) in [5, 5.41) is 7.22. The number of amides is 1. The third kappa shape index (κ3) is 4.52. The average molecular weight is 441 g/mol. The number of nitrogens with zero attached hydrogens (tertiary/aromatic N) is 3. The second kappa shape index (κ2) is 7.89. The van der Waals surface area contributed by atoms with Crippen LogP contribution in [0.2, 0.25) is 0 Å². The minimum Gasteiger partial charge on any atom is -0.311 e. The van der Waals surface area contributed by atoms with Gasteiger partial charge in [-0.25, -0.2) is 17.4 Å². The summed E-state index contributed by atoms with van der Waals surface area (Å²) in [7, 11) is -3.19. The number of piperidine rings is 1. The van der Waals surface area contributed by atoms with E-state index in [-0.39, 0.29) is 11.8 Å². The van der Waals surface area contributed by atoms with Crippen LogP contribution in [0.1, 0.15) is 18.4 Å². The van der Waals surface area contributed by atoms with Gasteiger partial charge in [-0.2, -0.15) is 5.10 Å². The lowest BCUT2D eigenvalue weighted by molar-refractivity contribution is -0.121. The fourth-order valence-corrected chi connectivity index (χ4v) is 4.32. The van der Waals surface area contributed by atoms with E-state index in [4.69, 9.17) is 0 Å². The molecule has 1 N–H and O–H groups in total. The summed E-state index contributed by atoms with van der Waals surface area (Å²) in [4.78, 5) is 12.6. The second-order valence-corrected chi connectivity index (χ2v) is 9.23. The molecule has 9 heteroatoms. The van der Waals surface area contributed by atoms with Gasteiger partial charge in [0.1, 0.15) is 5.82 Å². The monoisotopic (exact) mass is 440 g/mol. The molecule has 1 aliphatic rings. The van der Waals surface area contributed by atoms with Crippen molar-refractivity contribution in [3.63, 3.8) is 0 Å². The molecule has 0 bridgehead atoms. The van der Waals surface area contributed by atoms with Gasteiger partial charge in [-0.1, -0.05) is 34.1 Å². The van der Waals surface area contributed by atoms with Crippen LogP contribution in [0, 0.1) is 5.92 Å². The Morgan fingerprint density at radius 2 is 1.96 bits per heavy atom. The summed E-state index contributed by atoms with van der Waals surface area (Å²) in [5.41, 5.74) is 1.06. The number of anilines is 1. The Balaban J connectivity index is 1.63. The summed E-state index contributed by atoms with van der Waals surface area (Å²) < 4.78 is 27.3. The Bertz CT molecular complexity index is 889. The zero-order valence-electron chi connectivity index (χ0n) is 14.4. The van der Waals surface area contributed by atoms with E-state index in [2.05, 4.69) is 26.3 Å². The molecule has 0 unspecified atom stereocenters. The van der Waals surface area contributed by atoms with Crippen LogP contribution in [-0.2, 0) is 21.4 Å². The lowest BCUT2D eigenvalue weighted by atomic mass is 9.97. The first-order valence-corrected chi connectivity index (χ1v) is 11.0. The van der Waals surface area contributed by atoms with E-state index < -0.39 is 10.0 Å². The topological polar surface area (TPSA) is 84.3 Å². The number of carbonyl (C=O) groups is 1. The number of carbonyl (C=O) groups excluding carboxylic acids is 1. The van der Waals surface area contributed by atoms with Crippen LogP contribution in [0.25, 0.3) is 0 Å². The van der Waals surface area contributed by atoms with Gasteiger partial charge in [-0.05, 0) is 24.5 Å². The standard InChI is InChI=1S/C17H21BrN4O3S/c1-26(24,25)21-10-7-13(8-11-21)17(23)20-16-6-9-19-22(16)12-14-4-2-3-5-15(14)18/h2-6,9,13H,7-8,10-12H2,1H3,(H,20,23). The van der Waals surface area contributed by atoms with Gasteiger partial charge in [0.25, 0.3) is 0 Å². The lowest BCUT2D eigenvalue weighted by Gasteiger charge is -2.29. The summed E-state index contributed by atoms with van der Waals surface area (Å²) in [5.74, 6) is 0.350. The SMILES string of the molecule is CS(=O)(=O)N1CCC(C(=O)Nc2ccnn2Cc2ccccc2Br)CC1. The number of benzene rings is 1. The van der Waals surface area contributed by atoms with E-state index in [9.17, 15) is 13.2 Å². The van der Waals surface area contributed by atoms with Crippen molar-refractivity contribution < 1.29 is 13.2 Å². The number of rotatable bonds is 5. The van der Waals surface area contributed by atoms with Crippen LogP contribution < -0.4 is 5.32 Å². The Morgan fingerprint density at radius 1 is 1.27 bits per heavy atom. The van der Waals surface area contributed by atoms with Gasteiger partial charge >= 0.3 is 0 Å². The molecule has 0 aliphatic carbocycles. The molecule has 1 saturated heterocycles. The van der Waals surface area contributed by atoms with E-state index in [0.717, 1.165) is 10.0 Å². The minimum absolute atomic E-state index is 0.0907. The molecule has 0 radical (unpaired) electrons. The van der Waals surface area contributed by atoms with Crippen molar-refractivity contribution in [3.05, 3.63) is 46.6 Å². The highest BCUT2D eigenvalue weighted by Gasteiger charge is 2.29. The maximum absolute atomic E-state index is 12.6. The molecule has 0 atom stereocenters. The molecule has 1 aromatic heterocycles. The Hall–Kier alpha value is -1.71. The highest BCUT2D eigenvalue weighted by atomic mass is 79.9. The van der Waals surface area contributed by atoms with Crippen molar-refractivity contribution in [2.75, 3.05) is 24.7 Å². The Labute approximate surface area is 161 Å². The maximum atomic E-state index is 12.6. The molecule has 2 heterocycles. The molecular formula is C17H21BrN4O3S. The summed E-state index contributed by atoms with van der Waals surface area (Å²) >= 11 is 3.52. The van der Waals surface area contributed by atoms with Crippen LogP contribution in [0.4, 0.5) is 5.82 Å². The van der Waals surface area contributed by atoms with Crippen molar-refractivity contribution in [1.82, 2.24) is 14.1 Å². The van der Waals surface area contributed by atoms with Crippen molar-refractivity contribution in [2.24, 2.45) is 5.92 Å². The van der Waals surface area contributed by atoms with Crippen LogP contribution >= 0.6 is 15.9 Å². The van der Waals surface area contributed by atoms with Crippen molar-refractivity contribution in [2.45, 2.75) is 19.4 Å². The third-order valence-corrected chi connectivity index (χ3v) is 6.62. The van der Waals surface area contributed by atoms with Gasteiger partial charge in [-0.3, -0.25) is 4.79 Å². The molecule has 26 heavy (non-hydrogen) atoms. The highest BCUT2D eigenvalue weighted by Crippen LogP contribution is 2.22. The molecular weight excluding hydrogens is 420 g/mol. The zero-order chi connectivity index (χ0) is 18.7. The maximum Gasteiger partial charge on any atom is 0.228 e. The van der Waals surface area contributed by atoms with Crippen LogP contribution in [0.3, 0.4) is 0 Å². The summed E-state index contributed by atoms with van der Waals surface area (Å²) in [6.45, 7) is 1.30. The number of nitrogens with one attached hydrogen (secondary N) is 1. The molecule has 0 saturated carbocycles. The van der Waals surface area contributed by atoms with Gasteiger partial charge < -0.3 is 5.32 Å². The number of hydrogen-bond acceptors (Lipinski definition) is 4. The molecule has 7 nitrogen and oxygen atoms in total. The van der Waals surface area contributed by atoms with Crippen LogP contribution in [-0.4, -0.2) is 47.8 Å². The largest absolute Gasteiger partial charge is 0.311 e. The van der Waals surface area contributed by atoms with Gasteiger partial charge in [-0.15, -0.1) is 0 Å². The number of hydrogen-bond donors (Lipinski definition) is 1. The third-order valence-electron chi connectivity index (χ3n) is 4.54. The van der Waals surface area contributed by atoms with Crippen LogP contribution in [0.5, 0.6) is 0 Å². The van der Waals surface area contributed by atoms with Crippen molar-refractivity contribution in [1.29, 1.82) is 0 Å². The fraction of sp³-hybridized carbons (Fsp3) is 0.412. The summed E-state index contributed by atoms with van der Waals surface area (Å²) in [6.07, 6.45) is 3.90. The van der Waals surface area contributed by atoms with Crippen molar-refractivity contribution in [3.8, 4) is 0 Å². The number of aromatic nitrogens is 2. The first kappa shape index (κ1) is 19.1. The molecule has 2 aromatic rings. The fourth-order valence-electron chi connectivity index (χ4n) is 3.03. The van der Waals surface area contributed by atoms with Gasteiger partial charge in [0.2, 0.25) is 15.9 Å². The Morgan fingerprint density at radius 3 is 2.62 bits per heavy atom. The van der Waals surface area contributed by atoms with E-state index in [1.807, 2.05) is 24.3 Å². The van der Waals surface area contributed by atoms with E-state index in [0.29, 0.717) is 38.3 Å². The van der Waals surface area contributed by atoms with Crippen LogP contribution in [0.15, 0.2) is 41.0 Å². The van der Waals surface area contributed by atoms with E-state index >= 15 is 0 Å². The summed E-state index contributed by atoms with van der Waals surface area (Å²) in [6, 6.07) is 9.63. The molecule has 1 aliphatic heterocycles. The number of halogens is 1. The predicted octanol–water partition coefficient (Wildman–Crippen LogP) is 2.30. The van der Waals surface area contributed by atoms with Crippen molar-refractivity contribution >= 4 is 37.7 Å². The van der Waals surface area contributed by atoms with E-state index in [1.165, 1.54) is 10.6 Å².